The van der Waals surface area contributed by atoms with Gasteiger partial charge in [0.1, 0.15) is 5.82 Å². The molecule has 0 aliphatic carbocycles. The van der Waals surface area contributed by atoms with Crippen molar-refractivity contribution < 1.29 is 0 Å². The van der Waals surface area contributed by atoms with Gasteiger partial charge in [-0.15, -0.1) is 0 Å². The molecule has 2 heterocycles. The zero-order chi connectivity index (χ0) is 14.7. The van der Waals surface area contributed by atoms with Crippen molar-refractivity contribution in [1.29, 1.82) is 0 Å². The van der Waals surface area contributed by atoms with Crippen molar-refractivity contribution >= 4 is 17.4 Å². The Hall–Kier alpha value is -0.800. The number of piperidine rings is 1. The molecule has 1 aliphatic rings. The van der Waals surface area contributed by atoms with E-state index in [9.17, 15) is 0 Å². The van der Waals surface area contributed by atoms with Crippen LogP contribution in [-0.4, -0.2) is 24.1 Å². The zero-order valence-electron chi connectivity index (χ0n) is 13.0. The Kier molecular flexibility index (Phi) is 5.28. The van der Waals surface area contributed by atoms with Gasteiger partial charge in [-0.3, -0.25) is 0 Å². The molecular formula is C16H26ClN3. The molecule has 2 unspecified atom stereocenters. The summed E-state index contributed by atoms with van der Waals surface area (Å²) < 4.78 is 0. The van der Waals surface area contributed by atoms with Crippen molar-refractivity contribution in [2.45, 2.75) is 46.7 Å². The molecule has 0 bridgehead atoms. The first-order valence-electron chi connectivity index (χ1n) is 7.58. The Bertz CT molecular complexity index is 437. The third-order valence-corrected chi connectivity index (χ3v) is 4.15. The normalized spacial score (nSPS) is 23.4. The smallest absolute Gasteiger partial charge is 0.128 e. The zero-order valence-corrected chi connectivity index (χ0v) is 13.7. The average molecular weight is 296 g/mol. The van der Waals surface area contributed by atoms with Crippen molar-refractivity contribution in [3.8, 4) is 0 Å². The molecule has 4 heteroatoms. The van der Waals surface area contributed by atoms with Crippen molar-refractivity contribution in [2.75, 3.05) is 18.0 Å². The fourth-order valence-corrected chi connectivity index (χ4v) is 3.11. The van der Waals surface area contributed by atoms with Gasteiger partial charge in [0.25, 0.3) is 0 Å². The molecule has 1 aromatic rings. The molecule has 2 atom stereocenters. The Morgan fingerprint density at radius 2 is 2.00 bits per heavy atom. The lowest BCUT2D eigenvalue weighted by molar-refractivity contribution is 0.355. The van der Waals surface area contributed by atoms with Crippen LogP contribution in [0.4, 0.5) is 5.82 Å². The molecular weight excluding hydrogens is 270 g/mol. The Morgan fingerprint density at radius 1 is 1.35 bits per heavy atom. The van der Waals surface area contributed by atoms with Gasteiger partial charge in [-0.05, 0) is 29.9 Å². The van der Waals surface area contributed by atoms with Crippen LogP contribution in [0.15, 0.2) is 12.3 Å². The number of hydrogen-bond acceptors (Lipinski definition) is 3. The van der Waals surface area contributed by atoms with Crippen molar-refractivity contribution in [3.63, 3.8) is 0 Å². The first-order chi connectivity index (χ1) is 9.45. The van der Waals surface area contributed by atoms with E-state index >= 15 is 0 Å². The van der Waals surface area contributed by atoms with Gasteiger partial charge in [-0.2, -0.15) is 0 Å². The highest BCUT2D eigenvalue weighted by atomic mass is 35.5. The molecule has 3 nitrogen and oxygen atoms in total. The minimum absolute atomic E-state index is 0.456. The van der Waals surface area contributed by atoms with Crippen LogP contribution in [0, 0.1) is 11.8 Å². The van der Waals surface area contributed by atoms with Crippen molar-refractivity contribution in [2.24, 2.45) is 11.8 Å². The van der Waals surface area contributed by atoms with Gasteiger partial charge in [-0.25, -0.2) is 4.98 Å². The lowest BCUT2D eigenvalue weighted by atomic mass is 9.92. The summed E-state index contributed by atoms with van der Waals surface area (Å²) in [6.07, 6.45) is 3.10. The van der Waals surface area contributed by atoms with E-state index < -0.39 is 0 Å². The number of anilines is 1. The molecule has 0 spiro atoms. The van der Waals surface area contributed by atoms with Gasteiger partial charge in [0.15, 0.2) is 0 Å². The van der Waals surface area contributed by atoms with E-state index in [1.54, 1.807) is 6.20 Å². The lowest BCUT2D eigenvalue weighted by Crippen LogP contribution is -2.39. The molecule has 1 fully saturated rings. The number of pyridine rings is 1. The van der Waals surface area contributed by atoms with Crippen LogP contribution in [-0.2, 0) is 6.54 Å². The molecule has 0 aromatic carbocycles. The molecule has 2 rings (SSSR count). The summed E-state index contributed by atoms with van der Waals surface area (Å²) in [5.74, 6) is 2.52. The maximum absolute atomic E-state index is 6.25. The van der Waals surface area contributed by atoms with Crippen LogP contribution in [0.5, 0.6) is 0 Å². The molecule has 1 aromatic heterocycles. The van der Waals surface area contributed by atoms with E-state index in [4.69, 9.17) is 11.6 Å². The fraction of sp³-hybridized carbons (Fsp3) is 0.688. The van der Waals surface area contributed by atoms with E-state index in [0.717, 1.165) is 47.9 Å². The predicted molar refractivity (Wildman–Crippen MR) is 86.4 cm³/mol. The van der Waals surface area contributed by atoms with Crippen LogP contribution < -0.4 is 10.2 Å². The van der Waals surface area contributed by atoms with Gasteiger partial charge in [-0.1, -0.05) is 39.3 Å². The summed E-state index contributed by atoms with van der Waals surface area (Å²) in [6, 6.07) is 2.60. The predicted octanol–water partition coefficient (Wildman–Crippen LogP) is 3.72. The molecule has 1 saturated heterocycles. The molecule has 1 N–H and O–H groups in total. The van der Waals surface area contributed by atoms with E-state index in [1.807, 2.05) is 0 Å². The van der Waals surface area contributed by atoms with E-state index in [2.05, 4.69) is 49.0 Å². The number of nitrogens with one attached hydrogen (secondary N) is 1. The monoisotopic (exact) mass is 295 g/mol. The quantitative estimate of drug-likeness (QED) is 0.918. The second-order valence-electron chi connectivity index (χ2n) is 6.52. The highest BCUT2D eigenvalue weighted by molar-refractivity contribution is 6.31. The maximum atomic E-state index is 6.25. The van der Waals surface area contributed by atoms with Gasteiger partial charge in [0.2, 0.25) is 0 Å². The minimum atomic E-state index is 0.456. The Morgan fingerprint density at radius 3 is 2.60 bits per heavy atom. The first-order valence-corrected chi connectivity index (χ1v) is 7.96. The second-order valence-corrected chi connectivity index (χ2v) is 6.93. The van der Waals surface area contributed by atoms with Crippen LogP contribution in [0.3, 0.4) is 0 Å². The largest absolute Gasteiger partial charge is 0.356 e. The summed E-state index contributed by atoms with van der Waals surface area (Å²) in [7, 11) is 0. The van der Waals surface area contributed by atoms with Crippen LogP contribution in [0.25, 0.3) is 0 Å². The van der Waals surface area contributed by atoms with Gasteiger partial charge < -0.3 is 10.2 Å². The molecule has 112 valence electrons. The number of rotatable bonds is 4. The third-order valence-electron chi connectivity index (χ3n) is 3.81. The fourth-order valence-electron chi connectivity index (χ4n) is 2.94. The summed E-state index contributed by atoms with van der Waals surface area (Å²) in [5, 5.41) is 4.17. The van der Waals surface area contributed by atoms with Gasteiger partial charge in [0, 0.05) is 31.9 Å². The first kappa shape index (κ1) is 15.6. The number of aromatic nitrogens is 1. The summed E-state index contributed by atoms with van der Waals surface area (Å²) >= 11 is 6.25. The Labute approximate surface area is 127 Å². The average Bonchev–Trinajstić information content (AvgIpc) is 2.36. The third kappa shape index (κ3) is 4.10. The number of nitrogens with zero attached hydrogens (tertiary/aromatic N) is 2. The van der Waals surface area contributed by atoms with Crippen molar-refractivity contribution in [1.82, 2.24) is 10.3 Å². The van der Waals surface area contributed by atoms with E-state index in [-0.39, 0.29) is 0 Å². The molecule has 1 aliphatic heterocycles. The number of halogens is 1. The topological polar surface area (TPSA) is 28.2 Å². The lowest BCUT2D eigenvalue weighted by Gasteiger charge is -2.36. The molecule has 20 heavy (non-hydrogen) atoms. The van der Waals surface area contributed by atoms with Crippen LogP contribution in [0.1, 0.15) is 39.7 Å². The van der Waals surface area contributed by atoms with E-state index in [0.29, 0.717) is 6.04 Å². The standard InChI is InChI=1S/C16H26ClN3/c1-11(2)18-7-14-6-16(19-8-15(14)17)20-9-12(3)5-13(4)10-20/h6,8,11-13,18H,5,7,9-10H2,1-4H3. The van der Waals surface area contributed by atoms with Crippen molar-refractivity contribution in [3.05, 3.63) is 22.8 Å². The highest BCUT2D eigenvalue weighted by Crippen LogP contribution is 2.27. The van der Waals surface area contributed by atoms with Crippen LogP contribution in [0.2, 0.25) is 5.02 Å². The SMILES string of the molecule is CC1CC(C)CN(c2cc(CNC(C)C)c(Cl)cn2)C1. The molecule has 0 radical (unpaired) electrons. The minimum Gasteiger partial charge on any atom is -0.356 e. The summed E-state index contributed by atoms with van der Waals surface area (Å²) in [5.41, 5.74) is 1.14. The number of hydrogen-bond donors (Lipinski definition) is 1. The summed E-state index contributed by atoms with van der Waals surface area (Å²) in [4.78, 5) is 6.92. The van der Waals surface area contributed by atoms with E-state index in [1.165, 1.54) is 6.42 Å². The highest BCUT2D eigenvalue weighted by Gasteiger charge is 2.23. The van der Waals surface area contributed by atoms with Gasteiger partial charge in [0.05, 0.1) is 5.02 Å². The second kappa shape index (κ2) is 6.77. The summed E-state index contributed by atoms with van der Waals surface area (Å²) in [6.45, 7) is 11.9. The molecule has 0 saturated carbocycles. The maximum Gasteiger partial charge on any atom is 0.128 e. The molecule has 0 amide bonds. The Balaban J connectivity index is 2.13. The van der Waals surface area contributed by atoms with Crippen LogP contribution >= 0.6 is 11.6 Å². The van der Waals surface area contributed by atoms with Gasteiger partial charge >= 0.3 is 0 Å².